The van der Waals surface area contributed by atoms with Crippen molar-refractivity contribution < 1.29 is 13.9 Å². The summed E-state index contributed by atoms with van der Waals surface area (Å²) in [6, 6.07) is 13.6. The summed E-state index contributed by atoms with van der Waals surface area (Å²) in [5, 5.41) is 12.7. The maximum atomic E-state index is 12.8. The van der Waals surface area contributed by atoms with Gasteiger partial charge in [-0.05, 0) is 37.6 Å². The number of ether oxygens (including phenoxy) is 1. The first-order valence-corrected chi connectivity index (χ1v) is 9.79. The Morgan fingerprint density at radius 2 is 2.10 bits per heavy atom. The van der Waals surface area contributed by atoms with Gasteiger partial charge in [-0.2, -0.15) is 5.10 Å². The molecule has 5 rings (SSSR count). The van der Waals surface area contributed by atoms with E-state index in [0.29, 0.717) is 22.7 Å². The van der Waals surface area contributed by atoms with Gasteiger partial charge in [0.15, 0.2) is 5.69 Å². The van der Waals surface area contributed by atoms with Gasteiger partial charge in [-0.15, -0.1) is 12.4 Å². The van der Waals surface area contributed by atoms with Crippen molar-refractivity contribution in [2.75, 3.05) is 25.5 Å². The van der Waals surface area contributed by atoms with Crippen LogP contribution >= 0.6 is 12.4 Å². The van der Waals surface area contributed by atoms with Crippen LogP contribution in [0.2, 0.25) is 0 Å². The molecule has 0 bridgehead atoms. The molecule has 2 N–H and O–H groups in total. The van der Waals surface area contributed by atoms with Crippen LogP contribution in [-0.4, -0.2) is 35.9 Å². The number of nitrogens with zero attached hydrogens (tertiary/aromatic N) is 2. The summed E-state index contributed by atoms with van der Waals surface area (Å²) in [5.41, 5.74) is 2.43. The van der Waals surface area contributed by atoms with Crippen molar-refractivity contribution >= 4 is 45.9 Å². The molecule has 1 amide bonds. The van der Waals surface area contributed by atoms with Crippen LogP contribution in [0.4, 0.5) is 5.69 Å². The number of methoxy groups -OCH3 is 1. The summed E-state index contributed by atoms with van der Waals surface area (Å²) in [6.07, 6.45) is 4.04. The molecule has 7 nitrogen and oxygen atoms in total. The van der Waals surface area contributed by atoms with Crippen LogP contribution in [0.25, 0.3) is 21.9 Å². The lowest BCUT2D eigenvalue weighted by atomic mass is 10.1. The standard InChI is InChI=1S/C22H22N4O3.ClH/c1-28-21-11-16-15-6-2-3-7-19(15)29-20(16)12-18(21)24-22(27)17-8-10-26(25-17)14-5-4-9-23-13-14;/h2-3,6-8,10-12,14,23H,4-5,9,13H2,1H3,(H,24,27);1H. The van der Waals surface area contributed by atoms with E-state index < -0.39 is 0 Å². The number of piperidine rings is 1. The Morgan fingerprint density at radius 3 is 2.90 bits per heavy atom. The van der Waals surface area contributed by atoms with E-state index in [0.717, 1.165) is 42.3 Å². The zero-order valence-electron chi connectivity index (χ0n) is 16.6. The maximum absolute atomic E-state index is 12.8. The van der Waals surface area contributed by atoms with E-state index in [1.54, 1.807) is 19.2 Å². The zero-order chi connectivity index (χ0) is 19.8. The minimum Gasteiger partial charge on any atom is -0.495 e. The van der Waals surface area contributed by atoms with Crippen LogP contribution in [0.15, 0.2) is 53.1 Å². The van der Waals surface area contributed by atoms with Crippen LogP contribution < -0.4 is 15.4 Å². The highest BCUT2D eigenvalue weighted by molar-refractivity contribution is 6.09. The average molecular weight is 427 g/mol. The van der Waals surface area contributed by atoms with Crippen molar-refractivity contribution in [3.05, 3.63) is 54.4 Å². The SMILES string of the molecule is COc1cc2c(cc1NC(=O)c1ccn(C3CCCNC3)n1)oc1ccccc12.Cl. The molecular weight excluding hydrogens is 404 g/mol. The minimum absolute atomic E-state index is 0. The second kappa shape index (κ2) is 8.38. The van der Waals surface area contributed by atoms with Crippen molar-refractivity contribution in [3.63, 3.8) is 0 Å². The third-order valence-electron chi connectivity index (χ3n) is 5.43. The lowest BCUT2D eigenvalue weighted by Crippen LogP contribution is -2.32. The van der Waals surface area contributed by atoms with Gasteiger partial charge in [-0.1, -0.05) is 18.2 Å². The molecule has 0 spiro atoms. The molecule has 0 aliphatic carbocycles. The summed E-state index contributed by atoms with van der Waals surface area (Å²) < 4.78 is 13.3. The van der Waals surface area contributed by atoms with E-state index in [4.69, 9.17) is 9.15 Å². The molecule has 3 heterocycles. The van der Waals surface area contributed by atoms with Gasteiger partial charge in [0.2, 0.25) is 0 Å². The van der Waals surface area contributed by atoms with Crippen molar-refractivity contribution in [1.82, 2.24) is 15.1 Å². The normalized spacial score (nSPS) is 16.4. The summed E-state index contributed by atoms with van der Waals surface area (Å²) >= 11 is 0. The predicted molar refractivity (Wildman–Crippen MR) is 119 cm³/mol. The smallest absolute Gasteiger partial charge is 0.276 e. The van der Waals surface area contributed by atoms with E-state index in [-0.39, 0.29) is 24.4 Å². The third kappa shape index (κ3) is 3.62. The van der Waals surface area contributed by atoms with E-state index in [9.17, 15) is 4.79 Å². The molecule has 1 fully saturated rings. The molecule has 2 aromatic heterocycles. The van der Waals surface area contributed by atoms with Gasteiger partial charge in [0.25, 0.3) is 5.91 Å². The molecule has 2 aromatic carbocycles. The topological polar surface area (TPSA) is 81.3 Å². The van der Waals surface area contributed by atoms with Gasteiger partial charge in [0.05, 0.1) is 18.8 Å². The molecule has 0 saturated carbocycles. The molecule has 1 aliphatic heterocycles. The van der Waals surface area contributed by atoms with Crippen LogP contribution in [0.3, 0.4) is 0 Å². The second-order valence-electron chi connectivity index (χ2n) is 7.28. The monoisotopic (exact) mass is 426 g/mol. The van der Waals surface area contributed by atoms with Crippen molar-refractivity contribution in [3.8, 4) is 5.75 Å². The molecule has 1 aliphatic rings. The summed E-state index contributed by atoms with van der Waals surface area (Å²) in [4.78, 5) is 12.8. The number of halogens is 1. The number of carbonyl (C=O) groups is 1. The van der Waals surface area contributed by atoms with Gasteiger partial charge in [0, 0.05) is 29.6 Å². The van der Waals surface area contributed by atoms with E-state index in [1.807, 2.05) is 41.2 Å². The molecule has 1 unspecified atom stereocenters. The first kappa shape index (κ1) is 20.3. The van der Waals surface area contributed by atoms with Gasteiger partial charge in [0.1, 0.15) is 16.9 Å². The number of para-hydroxylation sites is 1. The molecule has 4 aromatic rings. The number of benzene rings is 2. The molecule has 0 radical (unpaired) electrons. The highest BCUT2D eigenvalue weighted by atomic mass is 35.5. The molecular formula is C22H23ClN4O3. The van der Waals surface area contributed by atoms with Gasteiger partial charge in [-0.25, -0.2) is 0 Å². The van der Waals surface area contributed by atoms with Gasteiger partial charge < -0.3 is 19.8 Å². The fraction of sp³-hybridized carbons (Fsp3) is 0.273. The number of rotatable bonds is 4. The highest BCUT2D eigenvalue weighted by Gasteiger charge is 2.19. The first-order chi connectivity index (χ1) is 14.2. The summed E-state index contributed by atoms with van der Waals surface area (Å²) in [5.74, 6) is 0.301. The summed E-state index contributed by atoms with van der Waals surface area (Å²) in [6.45, 7) is 1.91. The van der Waals surface area contributed by atoms with Crippen LogP contribution in [0, 0.1) is 0 Å². The molecule has 156 valence electrons. The number of amides is 1. The largest absolute Gasteiger partial charge is 0.495 e. The quantitative estimate of drug-likeness (QED) is 0.505. The number of nitrogens with one attached hydrogen (secondary N) is 2. The number of hydrogen-bond acceptors (Lipinski definition) is 5. The average Bonchev–Trinajstić information content (AvgIpc) is 3.39. The minimum atomic E-state index is -0.277. The molecule has 1 saturated heterocycles. The maximum Gasteiger partial charge on any atom is 0.276 e. The zero-order valence-corrected chi connectivity index (χ0v) is 17.4. The van der Waals surface area contributed by atoms with Crippen LogP contribution in [0.5, 0.6) is 5.75 Å². The molecule has 30 heavy (non-hydrogen) atoms. The Balaban J connectivity index is 0.00000218. The lowest BCUT2D eigenvalue weighted by Gasteiger charge is -2.22. The van der Waals surface area contributed by atoms with Crippen molar-refractivity contribution in [1.29, 1.82) is 0 Å². The predicted octanol–water partition coefficient (Wildman–Crippen LogP) is 4.39. The Hall–Kier alpha value is -3.03. The van der Waals surface area contributed by atoms with Crippen molar-refractivity contribution in [2.24, 2.45) is 0 Å². The van der Waals surface area contributed by atoms with Crippen molar-refractivity contribution in [2.45, 2.75) is 18.9 Å². The first-order valence-electron chi connectivity index (χ1n) is 9.79. The Kier molecular flexibility index (Phi) is 5.65. The highest BCUT2D eigenvalue weighted by Crippen LogP contribution is 2.36. The third-order valence-corrected chi connectivity index (χ3v) is 5.43. The Bertz CT molecular complexity index is 1190. The Labute approximate surface area is 179 Å². The van der Waals surface area contributed by atoms with Crippen LogP contribution in [-0.2, 0) is 0 Å². The fourth-order valence-electron chi connectivity index (χ4n) is 3.93. The number of aromatic nitrogens is 2. The Morgan fingerprint density at radius 1 is 1.23 bits per heavy atom. The second-order valence-corrected chi connectivity index (χ2v) is 7.28. The lowest BCUT2D eigenvalue weighted by molar-refractivity contribution is 0.102. The number of fused-ring (bicyclic) bond motifs is 3. The van der Waals surface area contributed by atoms with E-state index >= 15 is 0 Å². The van der Waals surface area contributed by atoms with Gasteiger partial charge in [-0.3, -0.25) is 9.48 Å². The number of anilines is 1. The van der Waals surface area contributed by atoms with E-state index in [1.165, 1.54) is 0 Å². The fourth-order valence-corrected chi connectivity index (χ4v) is 3.93. The van der Waals surface area contributed by atoms with Crippen LogP contribution in [0.1, 0.15) is 29.4 Å². The molecule has 1 atom stereocenters. The number of hydrogen-bond donors (Lipinski definition) is 2. The van der Waals surface area contributed by atoms with Gasteiger partial charge >= 0.3 is 0 Å². The number of carbonyl (C=O) groups excluding carboxylic acids is 1. The number of furan rings is 1. The summed E-state index contributed by atoms with van der Waals surface area (Å²) in [7, 11) is 1.59. The molecule has 8 heteroatoms. The van der Waals surface area contributed by atoms with E-state index in [2.05, 4.69) is 15.7 Å².